The Hall–Kier alpha value is -3.47. The molecule has 0 unspecified atom stereocenters. The maximum Gasteiger partial charge on any atom is 0.267 e. The van der Waals surface area contributed by atoms with Crippen LogP contribution in [0.5, 0.6) is 5.75 Å². The van der Waals surface area contributed by atoms with Crippen LogP contribution in [-0.4, -0.2) is 35.6 Å². The Bertz CT molecular complexity index is 1040. The molecule has 0 radical (unpaired) electrons. The van der Waals surface area contributed by atoms with Gasteiger partial charge < -0.3 is 4.74 Å². The number of hydrogen-bond acceptors (Lipinski definition) is 4. The van der Waals surface area contributed by atoms with Crippen LogP contribution in [0.4, 0.5) is 0 Å². The number of benzene rings is 3. The van der Waals surface area contributed by atoms with Crippen molar-refractivity contribution in [3.8, 4) is 5.75 Å². The topological polar surface area (TPSA) is 63.7 Å². The van der Waals surface area contributed by atoms with Crippen LogP contribution < -0.4 is 4.74 Å². The van der Waals surface area contributed by atoms with Crippen molar-refractivity contribution in [2.45, 2.75) is 0 Å². The second-order valence-corrected chi connectivity index (χ2v) is 6.05. The van der Waals surface area contributed by atoms with Gasteiger partial charge in [-0.2, -0.15) is 0 Å². The van der Waals surface area contributed by atoms with Crippen LogP contribution in [0.25, 0.3) is 10.8 Å². The van der Waals surface area contributed by atoms with E-state index in [9.17, 15) is 14.4 Å². The van der Waals surface area contributed by atoms with Crippen LogP contribution in [-0.2, 0) is 4.79 Å². The van der Waals surface area contributed by atoms with Gasteiger partial charge in [-0.15, -0.1) is 0 Å². The Morgan fingerprint density at radius 3 is 2.50 bits per heavy atom. The third kappa shape index (κ3) is 2.84. The molecule has 0 atom stereocenters. The minimum atomic E-state index is -0.527. The minimum Gasteiger partial charge on any atom is -0.483 e. The fourth-order valence-corrected chi connectivity index (χ4v) is 3.00. The predicted octanol–water partition coefficient (Wildman–Crippen LogP) is 3.08. The van der Waals surface area contributed by atoms with Crippen molar-refractivity contribution in [2.75, 3.05) is 13.2 Å². The lowest BCUT2D eigenvalue weighted by atomic mass is 10.0. The van der Waals surface area contributed by atoms with Crippen LogP contribution >= 0.6 is 0 Å². The minimum absolute atomic E-state index is 0.270. The molecule has 0 spiro atoms. The van der Waals surface area contributed by atoms with Gasteiger partial charge in [0.15, 0.2) is 12.4 Å². The molecule has 26 heavy (non-hydrogen) atoms. The van der Waals surface area contributed by atoms with Crippen LogP contribution in [0.2, 0.25) is 0 Å². The van der Waals surface area contributed by atoms with Gasteiger partial charge in [-0.25, -0.2) is 0 Å². The van der Waals surface area contributed by atoms with Crippen molar-refractivity contribution in [1.29, 1.82) is 0 Å². The van der Waals surface area contributed by atoms with E-state index >= 15 is 0 Å². The summed E-state index contributed by atoms with van der Waals surface area (Å²) >= 11 is 0. The Morgan fingerprint density at radius 2 is 1.65 bits per heavy atom. The summed E-state index contributed by atoms with van der Waals surface area (Å²) in [6.45, 7) is -0.582. The molecule has 2 amide bonds. The van der Waals surface area contributed by atoms with Crippen LogP contribution in [0.15, 0.2) is 66.7 Å². The van der Waals surface area contributed by atoms with E-state index in [1.807, 2.05) is 30.3 Å². The smallest absolute Gasteiger partial charge is 0.267 e. The van der Waals surface area contributed by atoms with E-state index in [4.69, 9.17) is 4.74 Å². The number of carbonyl (C=O) groups excluding carboxylic acids is 3. The van der Waals surface area contributed by atoms with Crippen molar-refractivity contribution in [2.24, 2.45) is 0 Å². The largest absolute Gasteiger partial charge is 0.483 e. The quantitative estimate of drug-likeness (QED) is 0.540. The first kappa shape index (κ1) is 16.0. The van der Waals surface area contributed by atoms with Gasteiger partial charge in [0.05, 0.1) is 12.1 Å². The highest BCUT2D eigenvalue weighted by molar-refractivity contribution is 6.12. The molecule has 3 aromatic carbocycles. The van der Waals surface area contributed by atoms with Gasteiger partial charge in [0.1, 0.15) is 5.75 Å². The number of ketones is 1. The van der Waals surface area contributed by atoms with Crippen molar-refractivity contribution < 1.29 is 19.1 Å². The highest BCUT2D eigenvalue weighted by Crippen LogP contribution is 2.23. The molecule has 1 heterocycles. The summed E-state index contributed by atoms with van der Waals surface area (Å²) in [4.78, 5) is 38.6. The lowest BCUT2D eigenvalue weighted by Gasteiger charge is -2.17. The standard InChI is InChI=1S/C21H15NO4/c23-18(16-10-9-14-5-1-2-6-15(14)11-16)12-22-20(24)13-26-19-8-4-3-7-17(19)21(22)25/h1-11H,12-13H2. The molecule has 3 aromatic rings. The third-order valence-corrected chi connectivity index (χ3v) is 4.39. The van der Waals surface area contributed by atoms with Gasteiger partial charge in [0, 0.05) is 5.56 Å². The molecule has 0 aliphatic carbocycles. The predicted molar refractivity (Wildman–Crippen MR) is 96.3 cm³/mol. The summed E-state index contributed by atoms with van der Waals surface area (Å²) in [6.07, 6.45) is 0. The number of imide groups is 1. The van der Waals surface area contributed by atoms with Crippen molar-refractivity contribution in [3.63, 3.8) is 0 Å². The molecule has 0 N–H and O–H groups in total. The van der Waals surface area contributed by atoms with Gasteiger partial charge in [0.2, 0.25) is 0 Å². The van der Waals surface area contributed by atoms with E-state index in [2.05, 4.69) is 0 Å². The van der Waals surface area contributed by atoms with E-state index in [-0.39, 0.29) is 24.5 Å². The van der Waals surface area contributed by atoms with Gasteiger partial charge in [-0.05, 0) is 29.0 Å². The summed E-state index contributed by atoms with van der Waals surface area (Å²) < 4.78 is 5.38. The number of ether oxygens (including phenoxy) is 1. The molecule has 0 saturated heterocycles. The van der Waals surface area contributed by atoms with Crippen molar-refractivity contribution >= 4 is 28.4 Å². The first-order valence-electron chi connectivity index (χ1n) is 8.22. The highest BCUT2D eigenvalue weighted by atomic mass is 16.5. The Kier molecular flexibility index (Phi) is 3.97. The lowest BCUT2D eigenvalue weighted by molar-refractivity contribution is -0.129. The van der Waals surface area contributed by atoms with Gasteiger partial charge in [0.25, 0.3) is 11.8 Å². The van der Waals surface area contributed by atoms with Crippen molar-refractivity contribution in [1.82, 2.24) is 4.90 Å². The fourth-order valence-electron chi connectivity index (χ4n) is 3.00. The first-order valence-corrected chi connectivity index (χ1v) is 8.22. The van der Waals surface area contributed by atoms with Gasteiger partial charge in [-0.1, -0.05) is 48.5 Å². The molecule has 1 aliphatic rings. The third-order valence-electron chi connectivity index (χ3n) is 4.39. The van der Waals surface area contributed by atoms with Crippen LogP contribution in [0, 0.1) is 0 Å². The summed E-state index contributed by atoms with van der Waals surface area (Å²) in [6, 6.07) is 19.7. The monoisotopic (exact) mass is 345 g/mol. The number of amides is 2. The molecule has 4 rings (SSSR count). The molecule has 5 nitrogen and oxygen atoms in total. The highest BCUT2D eigenvalue weighted by Gasteiger charge is 2.31. The fraction of sp³-hybridized carbons (Fsp3) is 0.0952. The van der Waals surface area contributed by atoms with Crippen molar-refractivity contribution in [3.05, 3.63) is 77.9 Å². The number of nitrogens with zero attached hydrogens (tertiary/aromatic N) is 1. The summed E-state index contributed by atoms with van der Waals surface area (Å²) in [5, 5.41) is 1.95. The summed E-state index contributed by atoms with van der Waals surface area (Å²) in [5.41, 5.74) is 0.743. The van der Waals surface area contributed by atoms with Gasteiger partial charge in [-0.3, -0.25) is 19.3 Å². The number of para-hydroxylation sites is 1. The first-order chi connectivity index (χ1) is 12.6. The number of fused-ring (bicyclic) bond motifs is 2. The maximum absolute atomic E-state index is 12.7. The zero-order valence-electron chi connectivity index (χ0n) is 13.8. The van der Waals surface area contributed by atoms with E-state index in [0.717, 1.165) is 15.7 Å². The summed E-state index contributed by atoms with van der Waals surface area (Å²) in [5.74, 6) is -0.985. The van der Waals surface area contributed by atoms with E-state index in [1.165, 1.54) is 0 Å². The normalized spacial score (nSPS) is 13.9. The molecule has 128 valence electrons. The number of rotatable bonds is 3. The molecule has 1 aliphatic heterocycles. The number of hydrogen-bond donors (Lipinski definition) is 0. The Labute approximate surface area is 149 Å². The maximum atomic E-state index is 12.7. The second kappa shape index (κ2) is 6.44. The molecular weight excluding hydrogens is 330 g/mol. The number of carbonyl (C=O) groups is 3. The number of Topliss-reactive ketones (excluding diaryl/α,β-unsaturated/α-hetero) is 1. The van der Waals surface area contributed by atoms with E-state index < -0.39 is 11.8 Å². The molecule has 0 saturated carbocycles. The molecule has 5 heteroatoms. The average molecular weight is 345 g/mol. The zero-order chi connectivity index (χ0) is 18.1. The van der Waals surface area contributed by atoms with Crippen LogP contribution in [0.3, 0.4) is 0 Å². The Balaban J connectivity index is 1.63. The summed E-state index contributed by atoms with van der Waals surface area (Å²) in [7, 11) is 0. The second-order valence-electron chi connectivity index (χ2n) is 6.05. The average Bonchev–Trinajstić information content (AvgIpc) is 2.80. The molecule has 0 bridgehead atoms. The van der Waals surface area contributed by atoms with Gasteiger partial charge >= 0.3 is 0 Å². The molecular formula is C21H15NO4. The zero-order valence-corrected chi connectivity index (χ0v) is 13.8. The van der Waals surface area contributed by atoms with E-state index in [0.29, 0.717) is 11.3 Å². The molecule has 0 fully saturated rings. The van der Waals surface area contributed by atoms with Crippen LogP contribution in [0.1, 0.15) is 20.7 Å². The molecule has 0 aromatic heterocycles. The van der Waals surface area contributed by atoms with E-state index in [1.54, 1.807) is 36.4 Å². The lowest BCUT2D eigenvalue weighted by Crippen LogP contribution is -2.41. The SMILES string of the molecule is O=C(CN1C(=O)COc2ccccc2C1=O)c1ccc2ccccc2c1. The Morgan fingerprint density at radius 1 is 0.923 bits per heavy atom.